The molecule has 1 aliphatic heterocycles. The molecule has 0 unspecified atom stereocenters. The number of hydrogen-bond donors (Lipinski definition) is 1. The van der Waals surface area contributed by atoms with Gasteiger partial charge in [-0.1, -0.05) is 30.3 Å². The van der Waals surface area contributed by atoms with Gasteiger partial charge in [0.2, 0.25) is 0 Å². The van der Waals surface area contributed by atoms with Crippen LogP contribution < -0.4 is 39.6 Å². The zero-order valence-electron chi connectivity index (χ0n) is 12.1. The summed E-state index contributed by atoms with van der Waals surface area (Å²) in [6.45, 7) is 1.91. The van der Waals surface area contributed by atoms with Crippen molar-refractivity contribution in [2.24, 2.45) is 0 Å². The predicted octanol–water partition coefficient (Wildman–Crippen LogP) is -0.612. The fraction of sp³-hybridized carbons (Fsp3) is 0.200. The first-order chi connectivity index (χ1) is 8.42. The van der Waals surface area contributed by atoms with Crippen LogP contribution in [0.1, 0.15) is 7.85 Å². The minimum absolute atomic E-state index is 0. The van der Waals surface area contributed by atoms with Crippen LogP contribution in [-0.4, -0.2) is 18.6 Å². The van der Waals surface area contributed by atoms with Gasteiger partial charge in [0.05, 0.1) is 0 Å². The van der Waals surface area contributed by atoms with E-state index in [4.69, 9.17) is 4.74 Å². The third-order valence-electron chi connectivity index (χ3n) is 2.99. The van der Waals surface area contributed by atoms with Crippen molar-refractivity contribution in [3.8, 4) is 5.75 Å². The van der Waals surface area contributed by atoms with E-state index in [1.165, 1.54) is 10.8 Å². The minimum Gasteiger partial charge on any atom is -1.00 e. The van der Waals surface area contributed by atoms with E-state index in [1.807, 2.05) is 6.07 Å². The topological polar surface area (TPSA) is 52.8 Å². The normalized spacial score (nSPS) is 14.0. The van der Waals surface area contributed by atoms with E-state index in [0.29, 0.717) is 0 Å². The van der Waals surface area contributed by atoms with Gasteiger partial charge in [-0.25, -0.2) is 0 Å². The molecule has 3 nitrogen and oxygen atoms in total. The fourth-order valence-electron chi connectivity index (χ4n) is 2.08. The maximum Gasteiger partial charge on any atom is 1.00 e. The van der Waals surface area contributed by atoms with Crippen LogP contribution in [0.15, 0.2) is 54.3 Å². The predicted molar refractivity (Wildman–Crippen MR) is 74.9 cm³/mol. The summed E-state index contributed by atoms with van der Waals surface area (Å²) in [5, 5.41) is 5.74. The number of nitrogens with one attached hydrogen (secondary N) is 1. The summed E-state index contributed by atoms with van der Waals surface area (Å²) < 4.78 is 5.88. The average molecular weight is 267 g/mol. The molecule has 3 N–H and O–H groups in total. The summed E-state index contributed by atoms with van der Waals surface area (Å²) >= 11 is 0. The van der Waals surface area contributed by atoms with Crippen LogP contribution in [0.4, 0.5) is 0 Å². The Morgan fingerprint density at radius 2 is 1.84 bits per heavy atom. The Morgan fingerprint density at radius 1 is 1.05 bits per heavy atom. The van der Waals surface area contributed by atoms with Crippen LogP contribution in [0.3, 0.4) is 0 Å². The van der Waals surface area contributed by atoms with E-state index in [2.05, 4.69) is 47.8 Å². The van der Waals surface area contributed by atoms with Crippen molar-refractivity contribution in [2.45, 2.75) is 6.42 Å². The summed E-state index contributed by atoms with van der Waals surface area (Å²) in [7, 11) is 0. The van der Waals surface area contributed by atoms with Gasteiger partial charge in [0, 0.05) is 19.5 Å². The minimum atomic E-state index is 0. The van der Waals surface area contributed by atoms with E-state index < -0.39 is 0 Å². The first kappa shape index (κ1) is 16.2. The second-order valence-electron chi connectivity index (χ2n) is 4.24. The fourth-order valence-corrected chi connectivity index (χ4v) is 2.08. The van der Waals surface area contributed by atoms with Crippen molar-refractivity contribution < 1.29 is 41.2 Å². The van der Waals surface area contributed by atoms with Gasteiger partial charge >= 0.3 is 29.6 Å². The van der Waals surface area contributed by atoms with E-state index in [9.17, 15) is 0 Å². The van der Waals surface area contributed by atoms with E-state index in [1.54, 1.807) is 0 Å². The monoisotopic (exact) mass is 267 g/mol. The van der Waals surface area contributed by atoms with Gasteiger partial charge < -0.3 is 17.0 Å². The maximum atomic E-state index is 5.88. The Morgan fingerprint density at radius 3 is 2.58 bits per heavy atom. The van der Waals surface area contributed by atoms with Gasteiger partial charge in [-0.15, -0.1) is 0 Å². The number of hydrogen-bond acceptors (Lipinski definition) is 2. The van der Waals surface area contributed by atoms with Crippen molar-refractivity contribution in [1.82, 2.24) is 5.32 Å². The molecule has 0 aliphatic carbocycles. The Balaban J connectivity index is 0.00000120. The summed E-state index contributed by atoms with van der Waals surface area (Å²) in [6.07, 6.45) is 3.07. The largest absolute Gasteiger partial charge is 1.00 e. The van der Waals surface area contributed by atoms with Crippen LogP contribution in [0.25, 0.3) is 10.8 Å². The molecule has 0 saturated carbocycles. The van der Waals surface area contributed by atoms with Crippen LogP contribution in [0, 0.1) is 0 Å². The molecule has 2 aromatic rings. The number of benzene rings is 2. The molecule has 4 heteroatoms. The standard InChI is InChI=1S/C15H15NO.Na.H2O.H/c1-2-4-13-11-15(6-5-12(13)3-1)17-14-7-9-16-10-8-14;;;/h1-7,11,16H,8-10H2;;1H2;/q;+1;;-1. The Bertz CT molecular complexity index is 575. The van der Waals surface area contributed by atoms with Gasteiger partial charge in [0.25, 0.3) is 0 Å². The third kappa shape index (κ3) is 4.06. The van der Waals surface area contributed by atoms with Gasteiger partial charge in [-0.2, -0.15) is 0 Å². The van der Waals surface area contributed by atoms with E-state index >= 15 is 0 Å². The van der Waals surface area contributed by atoms with Crippen molar-refractivity contribution >= 4 is 10.8 Å². The SMILES string of the molecule is C1=C(Oc2ccc3ccccc3c2)CCNC1.O.[H-].[Na+]. The molecule has 0 aromatic heterocycles. The molecule has 1 heterocycles. The Hall–Kier alpha value is -0.840. The molecule has 0 amide bonds. The summed E-state index contributed by atoms with van der Waals surface area (Å²) in [5.74, 6) is 2.00. The Labute approximate surface area is 136 Å². The molecule has 19 heavy (non-hydrogen) atoms. The molecule has 3 rings (SSSR count). The summed E-state index contributed by atoms with van der Waals surface area (Å²) in [4.78, 5) is 0. The molecular formula is C15H18NNaO2. The second-order valence-corrected chi connectivity index (χ2v) is 4.24. The van der Waals surface area contributed by atoms with Crippen molar-refractivity contribution in [3.63, 3.8) is 0 Å². The van der Waals surface area contributed by atoms with Gasteiger partial charge in [-0.05, 0) is 29.0 Å². The molecule has 0 bridgehead atoms. The quantitative estimate of drug-likeness (QED) is 0.738. The van der Waals surface area contributed by atoms with Gasteiger partial charge in [0.15, 0.2) is 0 Å². The number of fused-ring (bicyclic) bond motifs is 1. The van der Waals surface area contributed by atoms with Crippen LogP contribution in [0.2, 0.25) is 0 Å². The molecule has 1 aliphatic rings. The maximum absolute atomic E-state index is 5.88. The van der Waals surface area contributed by atoms with E-state index in [0.717, 1.165) is 31.0 Å². The molecule has 96 valence electrons. The second kappa shape index (κ2) is 7.68. The van der Waals surface area contributed by atoms with Crippen LogP contribution >= 0.6 is 0 Å². The third-order valence-corrected chi connectivity index (χ3v) is 2.99. The Kier molecular flexibility index (Phi) is 6.55. The van der Waals surface area contributed by atoms with E-state index in [-0.39, 0.29) is 36.5 Å². The zero-order chi connectivity index (χ0) is 11.5. The molecule has 0 radical (unpaired) electrons. The first-order valence-electron chi connectivity index (χ1n) is 5.98. The zero-order valence-corrected chi connectivity index (χ0v) is 13.1. The van der Waals surface area contributed by atoms with Crippen molar-refractivity contribution in [2.75, 3.05) is 13.1 Å². The van der Waals surface area contributed by atoms with Crippen LogP contribution in [-0.2, 0) is 0 Å². The summed E-state index contributed by atoms with van der Waals surface area (Å²) in [6, 6.07) is 14.6. The van der Waals surface area contributed by atoms with Crippen LogP contribution in [0.5, 0.6) is 5.75 Å². The molecule has 0 fully saturated rings. The summed E-state index contributed by atoms with van der Waals surface area (Å²) in [5.41, 5.74) is 0. The number of rotatable bonds is 2. The molecular weight excluding hydrogens is 249 g/mol. The molecule has 0 atom stereocenters. The first-order valence-corrected chi connectivity index (χ1v) is 5.98. The van der Waals surface area contributed by atoms with Crippen molar-refractivity contribution in [1.29, 1.82) is 0 Å². The smallest absolute Gasteiger partial charge is 1.00 e. The molecule has 0 saturated heterocycles. The van der Waals surface area contributed by atoms with Gasteiger partial charge in [0.1, 0.15) is 11.5 Å². The van der Waals surface area contributed by atoms with Gasteiger partial charge in [-0.3, -0.25) is 0 Å². The molecule has 2 aromatic carbocycles. The number of ether oxygens (including phenoxy) is 1. The average Bonchev–Trinajstić information content (AvgIpc) is 2.40. The van der Waals surface area contributed by atoms with Crippen molar-refractivity contribution in [3.05, 3.63) is 54.3 Å². The molecule has 0 spiro atoms.